The molecule has 0 radical (unpaired) electrons. The van der Waals surface area contributed by atoms with Crippen LogP contribution in [0.15, 0.2) is 0 Å². The highest BCUT2D eigenvalue weighted by atomic mass is 32.2. The molecule has 0 saturated heterocycles. The van der Waals surface area contributed by atoms with Gasteiger partial charge in [0, 0.05) is 0 Å². The molecule has 0 fully saturated rings. The van der Waals surface area contributed by atoms with E-state index < -0.39 is 11.3 Å². The summed E-state index contributed by atoms with van der Waals surface area (Å²) in [7, 11) is 1.60. The molecule has 1 atom stereocenters. The molecule has 3 nitrogen and oxygen atoms in total. The summed E-state index contributed by atoms with van der Waals surface area (Å²) in [5, 5.41) is 0. The van der Waals surface area contributed by atoms with Gasteiger partial charge in [-0.3, -0.25) is 4.18 Å². The minimum atomic E-state index is -1.28. The fourth-order valence-electron chi connectivity index (χ4n) is 0.338. The number of nitrogens with one attached hydrogen (secondary N) is 1. The predicted molar refractivity (Wildman–Crippen MR) is 38.1 cm³/mol. The molecular weight excluding hydrogens is 138 g/mol. The number of rotatable bonds is 5. The molecule has 0 aromatic carbocycles. The molecule has 0 heterocycles. The Bertz CT molecular complexity index is 87.0. The molecule has 1 unspecified atom stereocenters. The van der Waals surface area contributed by atoms with Crippen LogP contribution >= 0.6 is 0 Å². The summed E-state index contributed by atoms with van der Waals surface area (Å²) >= 11 is -1.28. The molecule has 0 aromatic heterocycles. The van der Waals surface area contributed by atoms with Crippen molar-refractivity contribution in [2.75, 3.05) is 13.7 Å². The van der Waals surface area contributed by atoms with Crippen LogP contribution in [0, 0.1) is 0 Å². The molecular formula is C5H13NO2S. The largest absolute Gasteiger partial charge is 0.278 e. The van der Waals surface area contributed by atoms with Gasteiger partial charge in [0.2, 0.25) is 11.3 Å². The molecule has 0 spiro atoms. The van der Waals surface area contributed by atoms with Gasteiger partial charge >= 0.3 is 0 Å². The average Bonchev–Trinajstić information content (AvgIpc) is 1.89. The van der Waals surface area contributed by atoms with Gasteiger partial charge < -0.3 is 0 Å². The van der Waals surface area contributed by atoms with E-state index in [9.17, 15) is 4.21 Å². The number of hydrogen-bond donors (Lipinski definition) is 1. The molecule has 0 aromatic rings. The summed E-state index contributed by atoms with van der Waals surface area (Å²) in [6.45, 7) is 2.63. The molecule has 0 aliphatic rings. The number of hydrogen-bond acceptors (Lipinski definition) is 2. The normalized spacial score (nSPS) is 13.6. The van der Waals surface area contributed by atoms with Crippen molar-refractivity contribution in [2.24, 2.45) is 0 Å². The summed E-state index contributed by atoms with van der Waals surface area (Å²) in [5.74, 6) is 0. The molecule has 9 heavy (non-hydrogen) atoms. The summed E-state index contributed by atoms with van der Waals surface area (Å²) < 4.78 is 17.7. The van der Waals surface area contributed by atoms with E-state index in [1.807, 2.05) is 0 Å². The Labute approximate surface area is 58.6 Å². The Hall–Kier alpha value is 0.0700. The summed E-state index contributed by atoms with van der Waals surface area (Å²) in [4.78, 5) is 0. The monoisotopic (exact) mass is 151 g/mol. The standard InChI is InChI=1S/C5H13NO2S/c1-3-4-5-8-9(7)6-2/h6H,3-5H2,1-2H3. The smallest absolute Gasteiger partial charge is 0.234 e. The zero-order valence-corrected chi connectivity index (χ0v) is 6.66. The Morgan fingerprint density at radius 3 is 2.78 bits per heavy atom. The van der Waals surface area contributed by atoms with Crippen molar-refractivity contribution in [1.82, 2.24) is 4.72 Å². The van der Waals surface area contributed by atoms with Crippen molar-refractivity contribution in [1.29, 1.82) is 0 Å². The van der Waals surface area contributed by atoms with Crippen molar-refractivity contribution in [3.8, 4) is 0 Å². The van der Waals surface area contributed by atoms with Gasteiger partial charge in [-0.15, -0.1) is 0 Å². The van der Waals surface area contributed by atoms with Gasteiger partial charge in [0.15, 0.2) is 0 Å². The first kappa shape index (κ1) is 9.07. The van der Waals surface area contributed by atoms with Crippen molar-refractivity contribution in [3.63, 3.8) is 0 Å². The summed E-state index contributed by atoms with van der Waals surface area (Å²) in [6, 6.07) is 0. The van der Waals surface area contributed by atoms with Crippen molar-refractivity contribution < 1.29 is 8.39 Å². The molecule has 56 valence electrons. The van der Waals surface area contributed by atoms with Crippen molar-refractivity contribution in [3.05, 3.63) is 0 Å². The first-order valence-electron chi connectivity index (χ1n) is 3.03. The highest BCUT2D eigenvalue weighted by molar-refractivity contribution is 7.78. The van der Waals surface area contributed by atoms with Crippen LogP contribution in [0.1, 0.15) is 19.8 Å². The van der Waals surface area contributed by atoms with E-state index in [1.165, 1.54) is 0 Å². The second-order valence-corrected chi connectivity index (χ2v) is 2.73. The van der Waals surface area contributed by atoms with E-state index >= 15 is 0 Å². The van der Waals surface area contributed by atoms with Gasteiger partial charge in [0.05, 0.1) is 6.61 Å². The Kier molecular flexibility index (Phi) is 6.24. The average molecular weight is 151 g/mol. The van der Waals surface area contributed by atoms with Gasteiger partial charge in [0.25, 0.3) is 0 Å². The minimum Gasteiger partial charge on any atom is -0.278 e. The highest BCUT2D eigenvalue weighted by Crippen LogP contribution is 1.88. The lowest BCUT2D eigenvalue weighted by atomic mass is 10.4. The SMILES string of the molecule is CCCCOS(=O)NC. The molecule has 0 aliphatic heterocycles. The third kappa shape index (κ3) is 5.95. The predicted octanol–water partition coefficient (Wildman–Crippen LogP) is 0.601. The van der Waals surface area contributed by atoms with E-state index in [1.54, 1.807) is 7.05 Å². The maximum absolute atomic E-state index is 10.5. The fourth-order valence-corrected chi connectivity index (χ4v) is 0.725. The Morgan fingerprint density at radius 2 is 2.33 bits per heavy atom. The summed E-state index contributed by atoms with van der Waals surface area (Å²) in [5.41, 5.74) is 0. The molecule has 0 rings (SSSR count). The van der Waals surface area contributed by atoms with Crippen LogP contribution in [-0.4, -0.2) is 17.9 Å². The third-order valence-corrected chi connectivity index (χ3v) is 1.57. The topological polar surface area (TPSA) is 38.3 Å². The minimum absolute atomic E-state index is 0.573. The van der Waals surface area contributed by atoms with Crippen LogP contribution in [0.25, 0.3) is 0 Å². The second kappa shape index (κ2) is 6.19. The van der Waals surface area contributed by atoms with Crippen molar-refractivity contribution in [2.45, 2.75) is 19.8 Å². The third-order valence-electron chi connectivity index (χ3n) is 0.855. The van der Waals surface area contributed by atoms with Crippen LogP contribution in [0.2, 0.25) is 0 Å². The molecule has 0 amide bonds. The maximum Gasteiger partial charge on any atom is 0.234 e. The van der Waals surface area contributed by atoms with E-state index in [2.05, 4.69) is 11.6 Å². The van der Waals surface area contributed by atoms with E-state index in [0.717, 1.165) is 12.8 Å². The first-order chi connectivity index (χ1) is 4.31. The fraction of sp³-hybridized carbons (Fsp3) is 1.00. The molecule has 4 heteroatoms. The zero-order chi connectivity index (χ0) is 7.11. The van der Waals surface area contributed by atoms with Gasteiger partial charge in [-0.1, -0.05) is 13.3 Å². The molecule has 0 bridgehead atoms. The van der Waals surface area contributed by atoms with Crippen LogP contribution < -0.4 is 4.72 Å². The summed E-state index contributed by atoms with van der Waals surface area (Å²) in [6.07, 6.45) is 2.04. The lowest BCUT2D eigenvalue weighted by Gasteiger charge is -1.98. The van der Waals surface area contributed by atoms with E-state index in [4.69, 9.17) is 4.18 Å². The Balaban J connectivity index is 2.97. The van der Waals surface area contributed by atoms with Gasteiger partial charge in [-0.25, -0.2) is 8.93 Å². The van der Waals surface area contributed by atoms with Crippen LogP contribution in [0.3, 0.4) is 0 Å². The van der Waals surface area contributed by atoms with Gasteiger partial charge in [-0.05, 0) is 13.5 Å². The van der Waals surface area contributed by atoms with Crippen LogP contribution in [-0.2, 0) is 15.4 Å². The molecule has 1 N–H and O–H groups in total. The van der Waals surface area contributed by atoms with Gasteiger partial charge in [-0.2, -0.15) is 0 Å². The van der Waals surface area contributed by atoms with Crippen LogP contribution in [0.4, 0.5) is 0 Å². The maximum atomic E-state index is 10.5. The molecule has 0 aliphatic carbocycles. The van der Waals surface area contributed by atoms with E-state index in [0.29, 0.717) is 6.61 Å². The number of unbranched alkanes of at least 4 members (excludes halogenated alkanes) is 1. The lowest BCUT2D eigenvalue weighted by Crippen LogP contribution is -2.13. The molecule has 0 saturated carbocycles. The highest BCUT2D eigenvalue weighted by Gasteiger charge is 1.91. The van der Waals surface area contributed by atoms with Crippen LogP contribution in [0.5, 0.6) is 0 Å². The van der Waals surface area contributed by atoms with E-state index in [-0.39, 0.29) is 0 Å². The zero-order valence-electron chi connectivity index (χ0n) is 5.85. The Morgan fingerprint density at radius 1 is 1.67 bits per heavy atom. The second-order valence-electron chi connectivity index (χ2n) is 1.61. The van der Waals surface area contributed by atoms with Gasteiger partial charge in [0.1, 0.15) is 0 Å². The first-order valence-corrected chi connectivity index (χ1v) is 4.11. The van der Waals surface area contributed by atoms with Crippen molar-refractivity contribution >= 4 is 11.3 Å². The quantitative estimate of drug-likeness (QED) is 0.584. The lowest BCUT2D eigenvalue weighted by molar-refractivity contribution is 0.334.